The molecule has 0 spiro atoms. The van der Waals surface area contributed by atoms with Gasteiger partial charge in [-0.15, -0.1) is 0 Å². The quantitative estimate of drug-likeness (QED) is 0.886. The molecule has 1 aromatic heterocycles. The third-order valence-corrected chi connectivity index (χ3v) is 4.37. The molecule has 2 aromatic rings. The van der Waals surface area contributed by atoms with Crippen molar-refractivity contribution in [1.82, 2.24) is 10.5 Å². The molecule has 1 amide bonds. The number of fused-ring (bicyclic) bond motifs is 1. The summed E-state index contributed by atoms with van der Waals surface area (Å²) in [7, 11) is 0. The maximum absolute atomic E-state index is 12.2. The monoisotopic (exact) mass is 312 g/mol. The third-order valence-electron chi connectivity index (χ3n) is 4.37. The molecular formula is C19H24N2O2. The number of hydrogen-bond donors (Lipinski definition) is 1. The van der Waals surface area contributed by atoms with Crippen molar-refractivity contribution in [3.8, 4) is 0 Å². The molecule has 0 unspecified atom stereocenters. The fraction of sp³-hybridized carbons (Fsp3) is 0.474. The number of benzene rings is 1. The third kappa shape index (κ3) is 4.01. The first-order chi connectivity index (χ1) is 11.1. The van der Waals surface area contributed by atoms with Crippen LogP contribution in [0.5, 0.6) is 0 Å². The van der Waals surface area contributed by atoms with Crippen LogP contribution in [0.2, 0.25) is 0 Å². The maximum Gasteiger partial charge on any atom is 0.220 e. The fourth-order valence-corrected chi connectivity index (χ4v) is 3.28. The highest BCUT2D eigenvalue weighted by Crippen LogP contribution is 2.35. The zero-order chi connectivity index (χ0) is 16.2. The van der Waals surface area contributed by atoms with Crippen LogP contribution in [-0.2, 0) is 24.2 Å². The van der Waals surface area contributed by atoms with Crippen molar-refractivity contribution in [2.24, 2.45) is 5.92 Å². The molecule has 3 rings (SSSR count). The van der Waals surface area contributed by atoms with Gasteiger partial charge in [-0.1, -0.05) is 43.3 Å². The highest BCUT2D eigenvalue weighted by Gasteiger charge is 2.24. The number of hydrogen-bond acceptors (Lipinski definition) is 3. The number of nitrogens with zero attached hydrogens (tertiary/aromatic N) is 1. The summed E-state index contributed by atoms with van der Waals surface area (Å²) in [6, 6.07) is 10.4. The summed E-state index contributed by atoms with van der Waals surface area (Å²) >= 11 is 0. The van der Waals surface area contributed by atoms with Crippen LogP contribution < -0.4 is 5.32 Å². The Balaban J connectivity index is 1.50. The van der Waals surface area contributed by atoms with Crippen molar-refractivity contribution in [2.45, 2.75) is 52.0 Å². The standard InChI is InChI=1S/C19H24N2O2/c1-13(2)9-17-11-16(21-23-17)12-20-19(22)10-15-8-7-14-5-3-4-6-18(14)15/h3-6,11,13,15H,7-10,12H2,1-2H3,(H,20,22)/t15-/m1/s1. The molecule has 1 N–H and O–H groups in total. The van der Waals surface area contributed by atoms with Crippen molar-refractivity contribution in [3.05, 3.63) is 52.9 Å². The number of carbonyl (C=O) groups is 1. The zero-order valence-corrected chi connectivity index (χ0v) is 13.8. The van der Waals surface area contributed by atoms with E-state index < -0.39 is 0 Å². The maximum atomic E-state index is 12.2. The second-order valence-electron chi connectivity index (χ2n) is 6.80. The molecule has 122 valence electrons. The number of aromatic nitrogens is 1. The summed E-state index contributed by atoms with van der Waals surface area (Å²) < 4.78 is 5.29. The van der Waals surface area contributed by atoms with E-state index in [1.807, 2.05) is 6.07 Å². The largest absolute Gasteiger partial charge is 0.361 e. The molecule has 0 saturated carbocycles. The van der Waals surface area contributed by atoms with E-state index in [0.717, 1.165) is 30.7 Å². The van der Waals surface area contributed by atoms with E-state index in [4.69, 9.17) is 4.52 Å². The Hall–Kier alpha value is -2.10. The predicted molar refractivity (Wildman–Crippen MR) is 89.0 cm³/mol. The van der Waals surface area contributed by atoms with E-state index in [1.54, 1.807) is 0 Å². The smallest absolute Gasteiger partial charge is 0.220 e. The minimum absolute atomic E-state index is 0.0834. The lowest BCUT2D eigenvalue weighted by Crippen LogP contribution is -2.24. The number of amides is 1. The molecule has 23 heavy (non-hydrogen) atoms. The lowest BCUT2D eigenvalue weighted by Gasteiger charge is -2.11. The Morgan fingerprint density at radius 2 is 2.22 bits per heavy atom. The van der Waals surface area contributed by atoms with Gasteiger partial charge in [-0.05, 0) is 35.8 Å². The van der Waals surface area contributed by atoms with Gasteiger partial charge in [0.1, 0.15) is 11.5 Å². The molecule has 4 heteroatoms. The number of nitrogens with one attached hydrogen (secondary N) is 1. The minimum Gasteiger partial charge on any atom is -0.361 e. The summed E-state index contributed by atoms with van der Waals surface area (Å²) in [6.07, 6.45) is 3.57. The highest BCUT2D eigenvalue weighted by molar-refractivity contribution is 5.77. The molecule has 1 aliphatic carbocycles. The molecule has 0 radical (unpaired) electrons. The molecule has 1 heterocycles. The second kappa shape index (κ2) is 6.99. The molecule has 0 fully saturated rings. The Morgan fingerprint density at radius 3 is 3.04 bits per heavy atom. The molecule has 1 atom stereocenters. The van der Waals surface area contributed by atoms with Gasteiger partial charge in [-0.3, -0.25) is 4.79 Å². The van der Waals surface area contributed by atoms with Gasteiger partial charge < -0.3 is 9.84 Å². The first kappa shape index (κ1) is 15.8. The summed E-state index contributed by atoms with van der Waals surface area (Å²) in [5, 5.41) is 6.98. The molecule has 0 saturated heterocycles. The minimum atomic E-state index is 0.0834. The van der Waals surface area contributed by atoms with E-state index in [9.17, 15) is 4.79 Å². The number of rotatable bonds is 6. The topological polar surface area (TPSA) is 55.1 Å². The van der Waals surface area contributed by atoms with Crippen LogP contribution in [0.25, 0.3) is 0 Å². The number of aryl methyl sites for hydroxylation is 1. The predicted octanol–water partition coefficient (Wildman–Crippen LogP) is 3.61. The molecule has 0 aliphatic heterocycles. The van der Waals surface area contributed by atoms with Crippen molar-refractivity contribution < 1.29 is 9.32 Å². The second-order valence-corrected chi connectivity index (χ2v) is 6.80. The molecule has 0 bridgehead atoms. The van der Waals surface area contributed by atoms with Gasteiger partial charge in [-0.2, -0.15) is 0 Å². The van der Waals surface area contributed by atoms with E-state index in [0.29, 0.717) is 24.8 Å². The van der Waals surface area contributed by atoms with Crippen LogP contribution in [0.15, 0.2) is 34.9 Å². The number of carbonyl (C=O) groups excluding carboxylic acids is 1. The Morgan fingerprint density at radius 1 is 1.39 bits per heavy atom. The van der Waals surface area contributed by atoms with Crippen LogP contribution in [0.4, 0.5) is 0 Å². The van der Waals surface area contributed by atoms with Crippen LogP contribution in [0.1, 0.15) is 55.2 Å². The van der Waals surface area contributed by atoms with Crippen LogP contribution in [0, 0.1) is 5.92 Å². The summed E-state index contributed by atoms with van der Waals surface area (Å²) in [5.74, 6) is 1.85. The first-order valence-corrected chi connectivity index (χ1v) is 8.41. The van der Waals surface area contributed by atoms with Gasteiger partial charge in [0.25, 0.3) is 0 Å². The van der Waals surface area contributed by atoms with Gasteiger partial charge in [0.15, 0.2) is 0 Å². The lowest BCUT2D eigenvalue weighted by molar-refractivity contribution is -0.121. The highest BCUT2D eigenvalue weighted by atomic mass is 16.5. The fourth-order valence-electron chi connectivity index (χ4n) is 3.28. The van der Waals surface area contributed by atoms with Gasteiger partial charge in [0.05, 0.1) is 6.54 Å². The first-order valence-electron chi connectivity index (χ1n) is 8.41. The Kier molecular flexibility index (Phi) is 4.79. The molecule has 1 aliphatic rings. The van der Waals surface area contributed by atoms with Crippen molar-refractivity contribution in [1.29, 1.82) is 0 Å². The van der Waals surface area contributed by atoms with Gasteiger partial charge in [-0.25, -0.2) is 0 Å². The van der Waals surface area contributed by atoms with Crippen molar-refractivity contribution in [3.63, 3.8) is 0 Å². The molecule has 1 aromatic carbocycles. The average molecular weight is 312 g/mol. The van der Waals surface area contributed by atoms with Crippen molar-refractivity contribution >= 4 is 5.91 Å². The van der Waals surface area contributed by atoms with Gasteiger partial charge in [0.2, 0.25) is 5.91 Å². The van der Waals surface area contributed by atoms with Crippen LogP contribution >= 0.6 is 0 Å². The Labute approximate surface area is 137 Å². The summed E-state index contributed by atoms with van der Waals surface area (Å²) in [5.41, 5.74) is 3.52. The van der Waals surface area contributed by atoms with E-state index in [-0.39, 0.29) is 5.91 Å². The summed E-state index contributed by atoms with van der Waals surface area (Å²) in [6.45, 7) is 4.72. The SMILES string of the molecule is CC(C)Cc1cc(CNC(=O)C[C@H]2CCc3ccccc32)no1. The van der Waals surface area contributed by atoms with Gasteiger partial charge in [0, 0.05) is 18.9 Å². The van der Waals surface area contributed by atoms with Crippen LogP contribution in [-0.4, -0.2) is 11.1 Å². The lowest BCUT2D eigenvalue weighted by atomic mass is 9.97. The zero-order valence-electron chi connectivity index (χ0n) is 13.8. The Bertz CT molecular complexity index is 676. The normalized spacial score (nSPS) is 16.6. The molecular weight excluding hydrogens is 288 g/mol. The van der Waals surface area contributed by atoms with Gasteiger partial charge >= 0.3 is 0 Å². The van der Waals surface area contributed by atoms with Crippen LogP contribution in [0.3, 0.4) is 0 Å². The van der Waals surface area contributed by atoms with Crippen molar-refractivity contribution in [2.75, 3.05) is 0 Å². The average Bonchev–Trinajstić information content (AvgIpc) is 3.12. The van der Waals surface area contributed by atoms with E-state index in [2.05, 4.69) is 48.6 Å². The molecule has 4 nitrogen and oxygen atoms in total. The summed E-state index contributed by atoms with van der Waals surface area (Å²) in [4.78, 5) is 12.2. The van der Waals surface area contributed by atoms with E-state index in [1.165, 1.54) is 11.1 Å². The van der Waals surface area contributed by atoms with E-state index >= 15 is 0 Å².